The van der Waals surface area contributed by atoms with E-state index in [9.17, 15) is 18.0 Å². The number of rotatable bonds is 7. The lowest BCUT2D eigenvalue weighted by Crippen LogP contribution is -2.15. The van der Waals surface area contributed by atoms with Crippen molar-refractivity contribution in [3.05, 3.63) is 47.9 Å². The summed E-state index contributed by atoms with van der Waals surface area (Å²) in [7, 11) is 0. The fourth-order valence-electron chi connectivity index (χ4n) is 2.84. The van der Waals surface area contributed by atoms with Gasteiger partial charge in [0.15, 0.2) is 5.69 Å². The van der Waals surface area contributed by atoms with Gasteiger partial charge in [-0.1, -0.05) is 24.3 Å². The number of benzene rings is 1. The van der Waals surface area contributed by atoms with Crippen LogP contribution < -0.4 is 0 Å². The van der Waals surface area contributed by atoms with Crippen molar-refractivity contribution in [1.82, 2.24) is 24.8 Å². The molecule has 0 bridgehead atoms. The van der Waals surface area contributed by atoms with Gasteiger partial charge in [-0.25, -0.2) is 4.68 Å². The molecule has 9 nitrogen and oxygen atoms in total. The molecule has 3 aromatic rings. The van der Waals surface area contributed by atoms with Crippen LogP contribution in [-0.2, 0) is 33.5 Å². The molecule has 0 radical (unpaired) electrons. The minimum atomic E-state index is -4.50. The second-order valence-electron chi connectivity index (χ2n) is 6.28. The number of carbonyl (C=O) groups excluding carboxylic acids is 2. The van der Waals surface area contributed by atoms with Crippen LogP contribution >= 0.6 is 0 Å². The molecule has 0 unspecified atom stereocenters. The highest BCUT2D eigenvalue weighted by Gasteiger charge is 2.38. The smallest absolute Gasteiger partial charge is 0.433 e. The number of hydrogen-bond donors (Lipinski definition) is 1. The van der Waals surface area contributed by atoms with Crippen molar-refractivity contribution in [2.24, 2.45) is 0 Å². The van der Waals surface area contributed by atoms with E-state index in [1.54, 1.807) is 37.4 Å². The fourth-order valence-corrected chi connectivity index (χ4v) is 2.84. The molecule has 0 saturated heterocycles. The lowest BCUT2D eigenvalue weighted by molar-refractivity contribution is -0.191. The molecule has 0 fully saturated rings. The third-order valence-corrected chi connectivity index (χ3v) is 4.22. The third-order valence-electron chi connectivity index (χ3n) is 4.22. The summed E-state index contributed by atoms with van der Waals surface area (Å²) >= 11 is 0. The van der Waals surface area contributed by atoms with Gasteiger partial charge in [-0.2, -0.15) is 27.9 Å². The molecule has 0 aliphatic rings. The van der Waals surface area contributed by atoms with Crippen LogP contribution in [0.4, 0.5) is 13.2 Å². The molecule has 1 N–H and O–H groups in total. The second kappa shape index (κ2) is 10.3. The number of carboxylic acid groups (broad SMARTS) is 1. The van der Waals surface area contributed by atoms with Crippen molar-refractivity contribution >= 4 is 12.1 Å². The highest BCUT2D eigenvalue weighted by molar-refractivity contribution is 5.66. The Hall–Kier alpha value is -3.79. The van der Waals surface area contributed by atoms with Crippen molar-refractivity contribution in [3.8, 4) is 16.9 Å². The van der Waals surface area contributed by atoms with E-state index in [-0.39, 0.29) is 24.6 Å². The molecule has 0 amide bonds. The predicted octanol–water partition coefficient (Wildman–Crippen LogP) is 2.99. The van der Waals surface area contributed by atoms with Crippen LogP contribution in [0.2, 0.25) is 0 Å². The first-order valence-corrected chi connectivity index (χ1v) is 9.07. The maximum Gasteiger partial charge on any atom is 0.433 e. The first-order chi connectivity index (χ1) is 14.7. The van der Waals surface area contributed by atoms with Gasteiger partial charge in [-0.05, 0) is 25.0 Å². The number of aromatic nitrogens is 5. The van der Waals surface area contributed by atoms with E-state index in [1.807, 2.05) is 0 Å². The van der Waals surface area contributed by atoms with E-state index in [1.165, 1.54) is 10.9 Å². The molecule has 0 spiro atoms. The molecular weight excluding hydrogens is 419 g/mol. The number of halogens is 3. The number of carbonyl (C=O) groups is 1. The minimum absolute atomic E-state index is 0.0368. The number of nitrogens with zero attached hydrogens (tertiary/aromatic N) is 5. The van der Waals surface area contributed by atoms with Crippen molar-refractivity contribution in [1.29, 1.82) is 0 Å². The predicted molar refractivity (Wildman–Crippen MR) is 98.8 cm³/mol. The summed E-state index contributed by atoms with van der Waals surface area (Å²) in [6.07, 6.45) is -0.650. The molecule has 0 atom stereocenters. The van der Waals surface area contributed by atoms with Gasteiger partial charge in [0.25, 0.3) is 0 Å². The zero-order valence-corrected chi connectivity index (χ0v) is 16.3. The molecule has 3 rings (SSSR count). The second-order valence-corrected chi connectivity index (χ2v) is 6.28. The number of hydrogen-bond acceptors (Lipinski definition) is 6. The molecule has 2 aromatic heterocycles. The first kappa shape index (κ1) is 23.5. The van der Waals surface area contributed by atoms with E-state index in [0.717, 1.165) is 4.68 Å². The normalized spacial score (nSPS) is 10.8. The Labute approximate surface area is 174 Å². The molecule has 0 aliphatic heterocycles. The summed E-state index contributed by atoms with van der Waals surface area (Å²) < 4.78 is 42.6. The summed E-state index contributed by atoms with van der Waals surface area (Å²) in [6, 6.07) is 6.38. The Morgan fingerprint density at radius 3 is 2.39 bits per heavy atom. The van der Waals surface area contributed by atoms with E-state index in [2.05, 4.69) is 15.4 Å². The standard InChI is InChI=1S/C18H18F3N5O2.CO2/c1-2-12-10-22-26(17(12)18(19,20)21)14-7-5-13(6-8-14)15-11-25(24-23-15)9-3-4-16(27)28;2-1-3/h5-8,10-11H,2-4,9H2,1H3,(H,27,28);. The lowest BCUT2D eigenvalue weighted by atomic mass is 10.1. The summed E-state index contributed by atoms with van der Waals surface area (Å²) in [6.45, 7) is 2.07. The molecule has 0 saturated carbocycles. The summed E-state index contributed by atoms with van der Waals surface area (Å²) in [5.74, 6) is -0.876. The van der Waals surface area contributed by atoms with E-state index >= 15 is 0 Å². The fraction of sp³-hybridized carbons (Fsp3) is 0.316. The van der Waals surface area contributed by atoms with Crippen molar-refractivity contribution in [2.75, 3.05) is 0 Å². The van der Waals surface area contributed by atoms with Crippen molar-refractivity contribution in [3.63, 3.8) is 0 Å². The van der Waals surface area contributed by atoms with Crippen molar-refractivity contribution in [2.45, 2.75) is 38.9 Å². The molecule has 2 heterocycles. The van der Waals surface area contributed by atoms with Crippen LogP contribution in [0.1, 0.15) is 31.0 Å². The number of aryl methyl sites for hydroxylation is 2. The minimum Gasteiger partial charge on any atom is -0.481 e. The maximum absolute atomic E-state index is 13.4. The average Bonchev–Trinajstić information content (AvgIpc) is 3.35. The SMILES string of the molecule is CCc1cnn(-c2ccc(-c3cn(CCCC(=O)O)nn3)cc2)c1C(F)(F)F.O=C=O. The van der Waals surface area contributed by atoms with E-state index < -0.39 is 17.8 Å². The third kappa shape index (κ3) is 6.09. The highest BCUT2D eigenvalue weighted by atomic mass is 19.4. The Kier molecular flexibility index (Phi) is 7.81. The number of alkyl halides is 3. The summed E-state index contributed by atoms with van der Waals surface area (Å²) in [5.41, 5.74) is 0.898. The molecule has 31 heavy (non-hydrogen) atoms. The Morgan fingerprint density at radius 1 is 1.19 bits per heavy atom. The van der Waals surface area contributed by atoms with Crippen molar-refractivity contribution < 1.29 is 32.7 Å². The van der Waals surface area contributed by atoms with Crippen LogP contribution in [0.5, 0.6) is 0 Å². The molecule has 1 aromatic carbocycles. The Bertz CT molecular complexity index is 1050. The largest absolute Gasteiger partial charge is 0.481 e. The molecule has 0 aliphatic carbocycles. The van der Waals surface area contributed by atoms with Gasteiger partial charge in [0.1, 0.15) is 5.69 Å². The highest BCUT2D eigenvalue weighted by Crippen LogP contribution is 2.34. The van der Waals surface area contributed by atoms with Gasteiger partial charge < -0.3 is 5.11 Å². The van der Waals surface area contributed by atoms with Gasteiger partial charge in [0.05, 0.1) is 18.1 Å². The van der Waals surface area contributed by atoms with Gasteiger partial charge >= 0.3 is 18.3 Å². The quantitative estimate of drug-likeness (QED) is 0.603. The van der Waals surface area contributed by atoms with E-state index in [4.69, 9.17) is 14.7 Å². The monoisotopic (exact) mass is 437 g/mol. The maximum atomic E-state index is 13.4. The van der Waals surface area contributed by atoms with Crippen LogP contribution in [0.3, 0.4) is 0 Å². The zero-order valence-electron chi connectivity index (χ0n) is 16.3. The molecule has 12 heteroatoms. The van der Waals surface area contributed by atoms with Gasteiger partial charge in [0, 0.05) is 24.1 Å². The number of aliphatic carboxylic acids is 1. The van der Waals surface area contributed by atoms with Crippen LogP contribution in [0.25, 0.3) is 16.9 Å². The van der Waals surface area contributed by atoms with E-state index in [0.29, 0.717) is 29.9 Å². The first-order valence-electron chi connectivity index (χ1n) is 9.07. The Balaban J connectivity index is 0.00000107. The van der Waals surface area contributed by atoms with Gasteiger partial charge in [-0.3, -0.25) is 9.48 Å². The van der Waals surface area contributed by atoms with Gasteiger partial charge in [0.2, 0.25) is 0 Å². The van der Waals surface area contributed by atoms with Crippen LogP contribution in [0.15, 0.2) is 36.7 Å². The lowest BCUT2D eigenvalue weighted by Gasteiger charge is -2.12. The van der Waals surface area contributed by atoms with Crippen LogP contribution in [0, 0.1) is 0 Å². The molecule has 164 valence electrons. The molecular formula is C19H18F3N5O4. The Morgan fingerprint density at radius 2 is 1.84 bits per heavy atom. The zero-order chi connectivity index (χ0) is 23.0. The summed E-state index contributed by atoms with van der Waals surface area (Å²) in [5, 5.41) is 20.5. The number of carboxylic acids is 1. The average molecular weight is 437 g/mol. The topological polar surface area (TPSA) is 120 Å². The van der Waals surface area contributed by atoms with Crippen LogP contribution in [-0.4, -0.2) is 42.0 Å². The van der Waals surface area contributed by atoms with Gasteiger partial charge in [-0.15, -0.1) is 5.10 Å². The summed E-state index contributed by atoms with van der Waals surface area (Å²) in [4.78, 5) is 26.8.